The maximum Gasteiger partial charge on any atom is 0.323 e. The molecular formula is C53H57Cl2N5O10. The van der Waals surface area contributed by atoms with E-state index in [0.29, 0.717) is 39.1 Å². The standard InChI is InChI=1S/C53H57Cl2N5O10/c1-30-13-36(22-57-19-30)26-67-46-17-48(44(54)15-40(46)24-59-50(33(4)61)52(63)64)69-28-38-9-7-11-42(31(38)2)43-12-8-10-39(32(43)3)29-70-49-18-47(68-27-37-14-35(20-56-6)21-58-23-37)41(16-45(49)55)25-60-51(34(5)62)53(65)66/h7-23,33-34,50-51,59-62H,24-29H2,1-6H3,(H,63,64)(H,65,66)/b56-20+/t33-,34+,50-,51-/m1/s1. The average molecular weight is 995 g/mol. The molecule has 0 aliphatic heterocycles. The summed E-state index contributed by atoms with van der Waals surface area (Å²) in [4.78, 5) is 36.3. The molecule has 368 valence electrons. The summed E-state index contributed by atoms with van der Waals surface area (Å²) < 4.78 is 25.3. The van der Waals surface area contributed by atoms with Crippen molar-refractivity contribution in [3.63, 3.8) is 0 Å². The van der Waals surface area contributed by atoms with Gasteiger partial charge in [0.25, 0.3) is 0 Å². The molecule has 0 aliphatic carbocycles. The third kappa shape index (κ3) is 14.0. The minimum atomic E-state index is -1.23. The number of carboxylic acid groups (broad SMARTS) is 2. The number of ether oxygens (including phenoxy) is 4. The van der Waals surface area contributed by atoms with Crippen LogP contribution in [0.25, 0.3) is 11.1 Å². The first-order chi connectivity index (χ1) is 33.5. The number of aliphatic imine (C=N–C) groups is 1. The average Bonchev–Trinajstić information content (AvgIpc) is 3.31. The second kappa shape index (κ2) is 24.8. The Bertz CT molecular complexity index is 2820. The zero-order valence-electron chi connectivity index (χ0n) is 39.7. The molecule has 0 saturated heterocycles. The lowest BCUT2D eigenvalue weighted by atomic mass is 9.92. The molecule has 17 heteroatoms. The van der Waals surface area contributed by atoms with Crippen molar-refractivity contribution in [1.82, 2.24) is 20.6 Å². The van der Waals surface area contributed by atoms with E-state index < -0.39 is 36.2 Å². The number of aliphatic hydroxyl groups excluding tert-OH is 2. The van der Waals surface area contributed by atoms with Crippen molar-refractivity contribution in [2.45, 2.75) is 98.4 Å². The van der Waals surface area contributed by atoms with Crippen LogP contribution in [-0.2, 0) is 49.1 Å². The van der Waals surface area contributed by atoms with E-state index in [0.717, 1.165) is 55.6 Å². The third-order valence-corrected chi connectivity index (χ3v) is 12.1. The van der Waals surface area contributed by atoms with E-state index in [2.05, 4.69) is 25.6 Å². The molecule has 6 aromatic rings. The van der Waals surface area contributed by atoms with Gasteiger partial charge in [-0.15, -0.1) is 0 Å². The number of hydrogen-bond acceptors (Lipinski definition) is 13. The molecular weight excluding hydrogens is 938 g/mol. The molecule has 0 fully saturated rings. The zero-order chi connectivity index (χ0) is 50.5. The summed E-state index contributed by atoms with van der Waals surface area (Å²) >= 11 is 13.6. The van der Waals surface area contributed by atoms with Crippen molar-refractivity contribution in [2.75, 3.05) is 7.05 Å². The molecule has 6 rings (SSSR count). The fraction of sp³-hybridized carbons (Fsp3) is 0.302. The Morgan fingerprint density at radius 2 is 1.06 bits per heavy atom. The number of aryl methyl sites for hydroxylation is 1. The van der Waals surface area contributed by atoms with Gasteiger partial charge in [-0.3, -0.25) is 35.2 Å². The monoisotopic (exact) mass is 993 g/mol. The highest BCUT2D eigenvalue weighted by Gasteiger charge is 2.25. The number of halogens is 2. The highest BCUT2D eigenvalue weighted by atomic mass is 35.5. The summed E-state index contributed by atoms with van der Waals surface area (Å²) in [5.41, 5.74) is 10.3. The highest BCUT2D eigenvalue weighted by molar-refractivity contribution is 6.32. The van der Waals surface area contributed by atoms with Gasteiger partial charge in [-0.05, 0) is 97.8 Å². The van der Waals surface area contributed by atoms with E-state index in [9.17, 15) is 30.0 Å². The van der Waals surface area contributed by atoms with Crippen LogP contribution in [0.2, 0.25) is 10.0 Å². The first-order valence-corrected chi connectivity index (χ1v) is 23.2. The van der Waals surface area contributed by atoms with Crippen molar-refractivity contribution in [2.24, 2.45) is 4.99 Å². The number of aliphatic hydroxyl groups is 2. The van der Waals surface area contributed by atoms with E-state index in [-0.39, 0.29) is 44.5 Å². The Morgan fingerprint density at radius 1 is 0.614 bits per heavy atom. The third-order valence-electron chi connectivity index (χ3n) is 11.5. The number of pyridine rings is 2. The van der Waals surface area contributed by atoms with E-state index >= 15 is 0 Å². The van der Waals surface area contributed by atoms with Crippen molar-refractivity contribution in [1.29, 1.82) is 0 Å². The number of nitrogens with zero attached hydrogens (tertiary/aromatic N) is 3. The summed E-state index contributed by atoms with van der Waals surface area (Å²) in [5, 5.41) is 45.8. The molecule has 0 aliphatic rings. The molecule has 0 unspecified atom stereocenters. The zero-order valence-corrected chi connectivity index (χ0v) is 41.2. The second-order valence-electron chi connectivity index (χ2n) is 16.9. The summed E-state index contributed by atoms with van der Waals surface area (Å²) in [5.74, 6) is -0.855. The van der Waals surface area contributed by atoms with Crippen LogP contribution in [-0.4, -0.2) is 79.9 Å². The highest BCUT2D eigenvalue weighted by Crippen LogP contribution is 2.37. The van der Waals surface area contributed by atoms with Gasteiger partial charge in [0.1, 0.15) is 61.5 Å². The summed E-state index contributed by atoms with van der Waals surface area (Å²) in [6, 6.07) is 20.1. The van der Waals surface area contributed by atoms with Gasteiger partial charge in [0.15, 0.2) is 0 Å². The van der Waals surface area contributed by atoms with Crippen LogP contribution < -0.4 is 29.6 Å². The topological polar surface area (TPSA) is 214 Å². The minimum Gasteiger partial charge on any atom is -0.488 e. The number of rotatable bonds is 24. The Balaban J connectivity index is 1.21. The maximum atomic E-state index is 11.8. The van der Waals surface area contributed by atoms with Crippen molar-refractivity contribution < 1.29 is 49.0 Å². The van der Waals surface area contributed by atoms with Crippen LogP contribution >= 0.6 is 23.2 Å². The van der Waals surface area contributed by atoms with Gasteiger partial charge in [-0.1, -0.05) is 59.6 Å². The molecule has 2 aromatic heterocycles. The molecule has 6 N–H and O–H groups in total. The summed E-state index contributed by atoms with van der Waals surface area (Å²) in [6.07, 6.45) is 6.21. The molecule has 4 aromatic carbocycles. The fourth-order valence-corrected chi connectivity index (χ4v) is 8.17. The minimum absolute atomic E-state index is 0.0315. The molecule has 15 nitrogen and oxygen atoms in total. The first kappa shape index (κ1) is 52.8. The summed E-state index contributed by atoms with van der Waals surface area (Å²) in [6.45, 7) is 9.52. The molecule has 70 heavy (non-hydrogen) atoms. The van der Waals surface area contributed by atoms with E-state index in [1.54, 1.807) is 62.3 Å². The van der Waals surface area contributed by atoms with Gasteiger partial charge in [-0.25, -0.2) is 0 Å². The van der Waals surface area contributed by atoms with E-state index in [1.807, 2.05) is 69.3 Å². The Labute approximate surface area is 417 Å². The number of aliphatic carboxylic acids is 2. The lowest BCUT2D eigenvalue weighted by molar-refractivity contribution is -0.143. The number of aromatic nitrogens is 2. The van der Waals surface area contributed by atoms with E-state index in [4.69, 9.17) is 42.1 Å². The SMILES string of the molecule is C/N=C/c1cncc(COc2cc(OCc3cccc(-c4cccc(COc5cc(OCc6cncc(C)c6)c(CN[C@@H](C(=O)O)[C@@H](C)O)cc5Cl)c4C)c3C)c(Cl)cc2CN[C@@H](C(=O)O)[C@H](C)O)c1. The molecule has 0 amide bonds. The van der Waals surface area contributed by atoms with Gasteiger partial charge in [-0.2, -0.15) is 0 Å². The number of nitrogens with one attached hydrogen (secondary N) is 2. The number of carboxylic acids is 2. The predicted molar refractivity (Wildman–Crippen MR) is 268 cm³/mol. The van der Waals surface area contributed by atoms with Crippen molar-refractivity contribution >= 4 is 41.4 Å². The lowest BCUT2D eigenvalue weighted by Gasteiger charge is -2.20. The molecule has 2 heterocycles. The normalized spacial score (nSPS) is 13.1. The lowest BCUT2D eigenvalue weighted by Crippen LogP contribution is -2.44. The Kier molecular flexibility index (Phi) is 18.7. The van der Waals surface area contributed by atoms with Crippen LogP contribution in [0.1, 0.15) is 69.5 Å². The van der Waals surface area contributed by atoms with Gasteiger partial charge in [0.05, 0.1) is 22.3 Å². The number of carbonyl (C=O) groups is 2. The van der Waals surface area contributed by atoms with Crippen LogP contribution in [0.15, 0.2) is 103 Å². The molecule has 0 spiro atoms. The van der Waals surface area contributed by atoms with Crippen LogP contribution in [0, 0.1) is 20.8 Å². The molecule has 0 bridgehead atoms. The van der Waals surface area contributed by atoms with Crippen molar-refractivity contribution in [3.8, 4) is 34.1 Å². The molecule has 0 radical (unpaired) electrons. The predicted octanol–water partition coefficient (Wildman–Crippen LogP) is 8.59. The Hall–Kier alpha value is -6.59. The molecule has 0 saturated carbocycles. The maximum absolute atomic E-state index is 11.8. The largest absolute Gasteiger partial charge is 0.488 e. The number of benzene rings is 4. The Morgan fingerprint density at radius 3 is 1.49 bits per heavy atom. The summed E-state index contributed by atoms with van der Waals surface area (Å²) in [7, 11) is 1.67. The van der Waals surface area contributed by atoms with Gasteiger partial charge >= 0.3 is 11.9 Å². The van der Waals surface area contributed by atoms with Crippen LogP contribution in [0.3, 0.4) is 0 Å². The first-order valence-electron chi connectivity index (χ1n) is 22.4. The number of hydrogen-bond donors (Lipinski definition) is 6. The van der Waals surface area contributed by atoms with E-state index in [1.165, 1.54) is 13.8 Å². The van der Waals surface area contributed by atoms with Gasteiger partial charge < -0.3 is 39.4 Å². The quantitative estimate of drug-likeness (QED) is 0.0314. The van der Waals surface area contributed by atoms with Gasteiger partial charge in [0.2, 0.25) is 0 Å². The van der Waals surface area contributed by atoms with Crippen LogP contribution in [0.5, 0.6) is 23.0 Å². The fourth-order valence-electron chi connectivity index (χ4n) is 7.69. The smallest absolute Gasteiger partial charge is 0.323 e. The molecule has 4 atom stereocenters. The van der Waals surface area contributed by atoms with Crippen molar-refractivity contribution in [3.05, 3.63) is 163 Å². The second-order valence-corrected chi connectivity index (χ2v) is 17.7. The van der Waals surface area contributed by atoms with Gasteiger partial charge in [0, 0.05) is 91.1 Å². The van der Waals surface area contributed by atoms with Crippen LogP contribution in [0.4, 0.5) is 0 Å².